The quantitative estimate of drug-likeness (QED) is 0.704. The Kier molecular flexibility index (Phi) is 3.64. The molecule has 0 N–H and O–H groups in total. The van der Waals surface area contributed by atoms with Crippen molar-refractivity contribution in [2.45, 2.75) is 26.3 Å². The molecule has 0 aliphatic heterocycles. The Morgan fingerprint density at radius 1 is 1.27 bits per heavy atom. The first kappa shape index (κ1) is 11.9. The fourth-order valence-corrected chi connectivity index (χ4v) is 1.51. The van der Waals surface area contributed by atoms with Gasteiger partial charge in [-0.2, -0.15) is 0 Å². The first-order valence-corrected chi connectivity index (χ1v) is 5.31. The number of likely N-dealkylation sites (N-methyl/N-ethyl adjacent to an activating group) is 1. The Labute approximate surface area is 91.9 Å². The monoisotopic (exact) mass is 205 g/mol. The van der Waals surface area contributed by atoms with Gasteiger partial charge in [-0.1, -0.05) is 37.3 Å². The lowest BCUT2D eigenvalue weighted by Crippen LogP contribution is -2.47. The largest absolute Gasteiger partial charge is 0.295 e. The van der Waals surface area contributed by atoms with Gasteiger partial charge in [0.1, 0.15) is 0 Å². The van der Waals surface area contributed by atoms with Crippen molar-refractivity contribution in [3.63, 3.8) is 0 Å². The summed E-state index contributed by atoms with van der Waals surface area (Å²) in [6, 6.07) is 9.46. The molecule has 0 atom stereocenters. The summed E-state index contributed by atoms with van der Waals surface area (Å²) in [7, 11) is 1.97. The van der Waals surface area contributed by atoms with Crippen LogP contribution < -0.4 is 0 Å². The van der Waals surface area contributed by atoms with Crippen molar-refractivity contribution < 1.29 is 4.79 Å². The molecule has 0 saturated heterocycles. The molecule has 82 valence electrons. The first-order chi connectivity index (χ1) is 7.00. The van der Waals surface area contributed by atoms with Crippen LogP contribution in [0.1, 0.15) is 31.1 Å². The number of carbonyl (C=O) groups excluding carboxylic acids is 1. The first-order valence-electron chi connectivity index (χ1n) is 5.31. The number of carbonyl (C=O) groups is 1. The third-order valence-electron chi connectivity index (χ3n) is 3.02. The van der Waals surface area contributed by atoms with Gasteiger partial charge in [0.15, 0.2) is 5.78 Å². The van der Waals surface area contributed by atoms with E-state index in [2.05, 4.69) is 11.8 Å². The number of rotatable bonds is 4. The van der Waals surface area contributed by atoms with Crippen molar-refractivity contribution in [2.75, 3.05) is 13.6 Å². The van der Waals surface area contributed by atoms with E-state index in [0.717, 1.165) is 12.1 Å². The van der Waals surface area contributed by atoms with Gasteiger partial charge in [0.25, 0.3) is 0 Å². The summed E-state index contributed by atoms with van der Waals surface area (Å²) in [5, 5.41) is 0. The minimum absolute atomic E-state index is 0.174. The number of Topliss-reactive ketones (excluding diaryl/α,β-unsaturated/α-hetero) is 1. The molecule has 0 radical (unpaired) electrons. The van der Waals surface area contributed by atoms with E-state index in [1.165, 1.54) is 0 Å². The summed E-state index contributed by atoms with van der Waals surface area (Å²) in [6.45, 7) is 6.85. The lowest BCUT2D eigenvalue weighted by molar-refractivity contribution is 0.0718. The van der Waals surface area contributed by atoms with Crippen LogP contribution in [0.4, 0.5) is 0 Å². The molecule has 1 rings (SSSR count). The highest BCUT2D eigenvalue weighted by Gasteiger charge is 2.31. The standard InChI is InChI=1S/C13H19NO/c1-5-14(4)13(2,3)12(15)11-9-7-6-8-10-11/h6-10H,5H2,1-4H3. The highest BCUT2D eigenvalue weighted by Crippen LogP contribution is 2.18. The maximum atomic E-state index is 12.2. The van der Waals surface area contributed by atoms with Crippen LogP contribution in [-0.4, -0.2) is 29.8 Å². The van der Waals surface area contributed by atoms with E-state index in [0.29, 0.717) is 0 Å². The number of nitrogens with zero attached hydrogens (tertiary/aromatic N) is 1. The van der Waals surface area contributed by atoms with Gasteiger partial charge in [-0.15, -0.1) is 0 Å². The topological polar surface area (TPSA) is 20.3 Å². The molecule has 0 amide bonds. The molecule has 1 aromatic carbocycles. The zero-order valence-corrected chi connectivity index (χ0v) is 9.95. The molecule has 1 aromatic rings. The molecule has 0 heterocycles. The zero-order valence-electron chi connectivity index (χ0n) is 9.95. The van der Waals surface area contributed by atoms with Gasteiger partial charge >= 0.3 is 0 Å². The summed E-state index contributed by atoms with van der Waals surface area (Å²) in [6.07, 6.45) is 0. The normalized spacial score (nSPS) is 11.8. The van der Waals surface area contributed by atoms with Crippen molar-refractivity contribution in [3.8, 4) is 0 Å². The second kappa shape index (κ2) is 4.58. The molecule has 0 saturated carbocycles. The molecule has 15 heavy (non-hydrogen) atoms. The fourth-order valence-electron chi connectivity index (χ4n) is 1.51. The Balaban J connectivity index is 2.94. The van der Waals surface area contributed by atoms with E-state index in [1.807, 2.05) is 51.2 Å². The van der Waals surface area contributed by atoms with Gasteiger partial charge in [0, 0.05) is 5.56 Å². The highest BCUT2D eigenvalue weighted by atomic mass is 16.1. The van der Waals surface area contributed by atoms with Crippen molar-refractivity contribution in [3.05, 3.63) is 35.9 Å². The highest BCUT2D eigenvalue weighted by molar-refractivity contribution is 6.02. The lowest BCUT2D eigenvalue weighted by Gasteiger charge is -2.33. The molecule has 0 bridgehead atoms. The number of ketones is 1. The molecular formula is C13H19NO. The molecule has 0 aliphatic carbocycles. The van der Waals surface area contributed by atoms with Crippen LogP contribution in [0.25, 0.3) is 0 Å². The van der Waals surface area contributed by atoms with E-state index in [9.17, 15) is 4.79 Å². The van der Waals surface area contributed by atoms with Crippen molar-refractivity contribution in [1.29, 1.82) is 0 Å². The number of hydrogen-bond donors (Lipinski definition) is 0. The Morgan fingerprint density at radius 3 is 2.27 bits per heavy atom. The average Bonchev–Trinajstić information content (AvgIpc) is 2.28. The molecule has 0 fully saturated rings. The maximum absolute atomic E-state index is 12.2. The van der Waals surface area contributed by atoms with Gasteiger partial charge in [-0.3, -0.25) is 9.69 Å². The predicted octanol–water partition coefficient (Wildman–Crippen LogP) is 2.60. The zero-order chi connectivity index (χ0) is 11.5. The Bertz CT molecular complexity index is 330. The second-order valence-electron chi connectivity index (χ2n) is 4.27. The summed E-state index contributed by atoms with van der Waals surface area (Å²) in [5.74, 6) is 0.174. The van der Waals surface area contributed by atoms with E-state index >= 15 is 0 Å². The van der Waals surface area contributed by atoms with Crippen molar-refractivity contribution in [1.82, 2.24) is 4.90 Å². The molecule has 0 spiro atoms. The molecule has 0 unspecified atom stereocenters. The van der Waals surface area contributed by atoms with E-state index in [1.54, 1.807) is 0 Å². The van der Waals surface area contributed by atoms with E-state index in [4.69, 9.17) is 0 Å². The second-order valence-corrected chi connectivity index (χ2v) is 4.27. The SMILES string of the molecule is CCN(C)C(C)(C)C(=O)c1ccccc1. The third kappa shape index (κ3) is 2.45. The van der Waals surface area contributed by atoms with Gasteiger partial charge in [-0.05, 0) is 27.4 Å². The average molecular weight is 205 g/mol. The Morgan fingerprint density at radius 2 is 1.80 bits per heavy atom. The smallest absolute Gasteiger partial charge is 0.182 e. The molecule has 0 aliphatic rings. The van der Waals surface area contributed by atoms with E-state index in [-0.39, 0.29) is 5.78 Å². The maximum Gasteiger partial charge on any atom is 0.182 e. The van der Waals surface area contributed by atoms with Gasteiger partial charge in [0.2, 0.25) is 0 Å². The molecule has 0 aromatic heterocycles. The Hall–Kier alpha value is -1.15. The van der Waals surface area contributed by atoms with Crippen LogP contribution in [0.3, 0.4) is 0 Å². The number of benzene rings is 1. The number of hydrogen-bond acceptors (Lipinski definition) is 2. The lowest BCUT2D eigenvalue weighted by atomic mass is 9.92. The summed E-state index contributed by atoms with van der Waals surface area (Å²) < 4.78 is 0. The molecule has 2 heteroatoms. The van der Waals surface area contributed by atoms with Crippen LogP contribution in [0.2, 0.25) is 0 Å². The van der Waals surface area contributed by atoms with Crippen LogP contribution >= 0.6 is 0 Å². The van der Waals surface area contributed by atoms with Crippen LogP contribution in [0, 0.1) is 0 Å². The molecular weight excluding hydrogens is 186 g/mol. The van der Waals surface area contributed by atoms with Crippen LogP contribution in [-0.2, 0) is 0 Å². The summed E-state index contributed by atoms with van der Waals surface area (Å²) in [5.41, 5.74) is 0.346. The van der Waals surface area contributed by atoms with Crippen LogP contribution in [0.15, 0.2) is 30.3 Å². The van der Waals surface area contributed by atoms with Crippen molar-refractivity contribution in [2.24, 2.45) is 0 Å². The minimum atomic E-state index is -0.434. The summed E-state index contributed by atoms with van der Waals surface area (Å²) >= 11 is 0. The fraction of sp³-hybridized carbons (Fsp3) is 0.462. The minimum Gasteiger partial charge on any atom is -0.295 e. The third-order valence-corrected chi connectivity index (χ3v) is 3.02. The van der Waals surface area contributed by atoms with Gasteiger partial charge < -0.3 is 0 Å². The van der Waals surface area contributed by atoms with Crippen LogP contribution in [0.5, 0.6) is 0 Å². The van der Waals surface area contributed by atoms with Gasteiger partial charge in [0.05, 0.1) is 5.54 Å². The predicted molar refractivity (Wildman–Crippen MR) is 63.2 cm³/mol. The van der Waals surface area contributed by atoms with Crippen molar-refractivity contribution >= 4 is 5.78 Å². The summed E-state index contributed by atoms with van der Waals surface area (Å²) in [4.78, 5) is 14.3. The van der Waals surface area contributed by atoms with Gasteiger partial charge in [-0.25, -0.2) is 0 Å². The van der Waals surface area contributed by atoms with E-state index < -0.39 is 5.54 Å². The molecule has 2 nitrogen and oxygen atoms in total.